The van der Waals surface area contributed by atoms with E-state index in [0.29, 0.717) is 5.88 Å². The molecule has 0 atom stereocenters. The van der Waals surface area contributed by atoms with E-state index in [4.69, 9.17) is 21.1 Å². The van der Waals surface area contributed by atoms with Gasteiger partial charge in [0.1, 0.15) is 11.5 Å². The van der Waals surface area contributed by atoms with Crippen molar-refractivity contribution in [3.05, 3.63) is 35.9 Å². The second-order valence-electron chi connectivity index (χ2n) is 3.05. The topological polar surface area (TPSA) is 18.5 Å². The van der Waals surface area contributed by atoms with Gasteiger partial charge in [0.15, 0.2) is 0 Å². The molecule has 0 aliphatic heterocycles. The molecule has 3 heteroatoms. The van der Waals surface area contributed by atoms with Crippen LogP contribution in [0.5, 0.6) is 11.5 Å². The first-order chi connectivity index (χ1) is 7.28. The number of allylic oxidation sites excluding steroid dienone is 1. The number of rotatable bonds is 5. The fraction of sp³-hybridized carbons (Fsp3) is 0.333. The van der Waals surface area contributed by atoms with Crippen molar-refractivity contribution >= 4 is 11.6 Å². The zero-order valence-electron chi connectivity index (χ0n) is 9.05. The van der Waals surface area contributed by atoms with Gasteiger partial charge in [0.2, 0.25) is 0 Å². The molecule has 0 aliphatic carbocycles. The summed E-state index contributed by atoms with van der Waals surface area (Å²) < 4.78 is 10.5. The molecule has 1 aromatic carbocycles. The lowest BCUT2D eigenvalue weighted by molar-refractivity contribution is 0.396. The number of ether oxygens (including phenoxy) is 2. The van der Waals surface area contributed by atoms with Crippen molar-refractivity contribution in [1.29, 1.82) is 0 Å². The number of alkyl halides is 1. The van der Waals surface area contributed by atoms with E-state index in [1.165, 1.54) is 0 Å². The van der Waals surface area contributed by atoms with E-state index in [1.54, 1.807) is 14.2 Å². The summed E-state index contributed by atoms with van der Waals surface area (Å²) in [4.78, 5) is 0. The van der Waals surface area contributed by atoms with Gasteiger partial charge >= 0.3 is 0 Å². The second kappa shape index (κ2) is 5.66. The van der Waals surface area contributed by atoms with E-state index in [-0.39, 0.29) is 0 Å². The molecule has 0 bridgehead atoms. The maximum absolute atomic E-state index is 5.91. The molecule has 0 amide bonds. The summed E-state index contributed by atoms with van der Waals surface area (Å²) in [7, 11) is 3.28. The van der Waals surface area contributed by atoms with Crippen LogP contribution >= 0.6 is 11.6 Å². The van der Waals surface area contributed by atoms with Crippen molar-refractivity contribution in [3.8, 4) is 11.5 Å². The highest BCUT2D eigenvalue weighted by Gasteiger charge is 2.12. The Bertz CT molecular complexity index is 348. The Morgan fingerprint density at radius 3 is 2.13 bits per heavy atom. The average molecular weight is 227 g/mol. The summed E-state index contributed by atoms with van der Waals surface area (Å²) in [5.41, 5.74) is 2.01. The Kier molecular flexibility index (Phi) is 4.50. The maximum atomic E-state index is 5.91. The summed E-state index contributed by atoms with van der Waals surface area (Å²) in [6.07, 6.45) is 2.55. The first kappa shape index (κ1) is 11.9. The van der Waals surface area contributed by atoms with Crippen LogP contribution in [0.4, 0.5) is 0 Å². The van der Waals surface area contributed by atoms with Crippen LogP contribution in [0, 0.1) is 0 Å². The molecule has 0 saturated heterocycles. The molecule has 0 aromatic heterocycles. The minimum Gasteiger partial charge on any atom is -0.496 e. The van der Waals surface area contributed by atoms with Crippen LogP contribution in [0.2, 0.25) is 0 Å². The summed E-state index contributed by atoms with van der Waals surface area (Å²) in [6, 6.07) is 3.75. The smallest absolute Gasteiger partial charge is 0.123 e. The quantitative estimate of drug-likeness (QED) is 0.567. The predicted molar refractivity (Wildman–Crippen MR) is 63.0 cm³/mol. The molecule has 0 heterocycles. The number of hydrogen-bond donors (Lipinski definition) is 0. The summed E-state index contributed by atoms with van der Waals surface area (Å²) in [6.45, 7) is 3.72. The minimum atomic E-state index is 0.406. The highest BCUT2D eigenvalue weighted by Crippen LogP contribution is 2.32. The first-order valence-corrected chi connectivity index (χ1v) is 5.21. The van der Waals surface area contributed by atoms with Gasteiger partial charge in [0.05, 0.1) is 20.1 Å². The molecule has 1 aromatic rings. The van der Waals surface area contributed by atoms with Crippen molar-refractivity contribution in [3.63, 3.8) is 0 Å². The van der Waals surface area contributed by atoms with Crippen molar-refractivity contribution in [1.82, 2.24) is 0 Å². The molecule has 15 heavy (non-hydrogen) atoms. The molecule has 0 fully saturated rings. The molecular formula is C12H15ClO2. The van der Waals surface area contributed by atoms with Crippen LogP contribution in [0.15, 0.2) is 24.8 Å². The molecule has 0 radical (unpaired) electrons. The van der Waals surface area contributed by atoms with E-state index >= 15 is 0 Å². The Labute approximate surface area is 95.5 Å². The lowest BCUT2D eigenvalue weighted by Gasteiger charge is -2.14. The summed E-state index contributed by atoms with van der Waals surface area (Å²) >= 11 is 5.91. The zero-order valence-corrected chi connectivity index (χ0v) is 9.80. The normalized spacial score (nSPS) is 9.80. The number of hydrogen-bond acceptors (Lipinski definition) is 2. The molecule has 0 spiro atoms. The molecule has 0 aliphatic rings. The van der Waals surface area contributed by atoms with Crippen molar-refractivity contribution in [2.24, 2.45) is 0 Å². The van der Waals surface area contributed by atoms with Gasteiger partial charge in [-0.3, -0.25) is 0 Å². The fourth-order valence-electron chi connectivity index (χ4n) is 1.55. The monoisotopic (exact) mass is 226 g/mol. The summed E-state index contributed by atoms with van der Waals surface area (Å²) in [5.74, 6) is 2.03. The van der Waals surface area contributed by atoms with E-state index in [1.807, 2.05) is 18.2 Å². The van der Waals surface area contributed by atoms with Crippen molar-refractivity contribution < 1.29 is 9.47 Å². The maximum Gasteiger partial charge on any atom is 0.123 e. The SMILES string of the molecule is C=CCc1c(OC)ccc(OC)c1CCl. The van der Waals surface area contributed by atoms with Crippen LogP contribution in [0.1, 0.15) is 11.1 Å². The van der Waals surface area contributed by atoms with Gasteiger partial charge in [-0.15, -0.1) is 18.2 Å². The Morgan fingerprint density at radius 1 is 1.20 bits per heavy atom. The Morgan fingerprint density at radius 2 is 1.73 bits per heavy atom. The van der Waals surface area contributed by atoms with Gasteiger partial charge in [0, 0.05) is 11.1 Å². The minimum absolute atomic E-state index is 0.406. The Balaban J connectivity index is 3.29. The van der Waals surface area contributed by atoms with Gasteiger partial charge in [-0.1, -0.05) is 6.08 Å². The van der Waals surface area contributed by atoms with Crippen molar-refractivity contribution in [2.75, 3.05) is 14.2 Å². The Hall–Kier alpha value is -1.15. The van der Waals surface area contributed by atoms with Gasteiger partial charge < -0.3 is 9.47 Å². The molecule has 0 unspecified atom stereocenters. The predicted octanol–water partition coefficient (Wildman–Crippen LogP) is 3.17. The molecule has 1 rings (SSSR count). The highest BCUT2D eigenvalue weighted by atomic mass is 35.5. The van der Waals surface area contributed by atoms with Gasteiger partial charge in [-0.25, -0.2) is 0 Å². The molecule has 0 saturated carbocycles. The van der Waals surface area contributed by atoms with E-state index < -0.39 is 0 Å². The van der Waals surface area contributed by atoms with E-state index in [2.05, 4.69) is 6.58 Å². The number of halogens is 1. The van der Waals surface area contributed by atoms with Gasteiger partial charge in [0.25, 0.3) is 0 Å². The molecule has 82 valence electrons. The van der Waals surface area contributed by atoms with Gasteiger partial charge in [-0.05, 0) is 18.6 Å². The lowest BCUT2D eigenvalue weighted by atomic mass is 10.0. The number of benzene rings is 1. The second-order valence-corrected chi connectivity index (χ2v) is 3.32. The number of methoxy groups -OCH3 is 2. The van der Waals surface area contributed by atoms with Crippen LogP contribution in [-0.4, -0.2) is 14.2 Å². The van der Waals surface area contributed by atoms with Gasteiger partial charge in [-0.2, -0.15) is 0 Å². The standard InChI is InChI=1S/C12H15ClO2/c1-4-5-9-10(8-13)12(15-3)7-6-11(9)14-2/h4,6-7H,1,5,8H2,2-3H3. The molecular weight excluding hydrogens is 212 g/mol. The van der Waals surface area contributed by atoms with Crippen LogP contribution in [-0.2, 0) is 12.3 Å². The third kappa shape index (κ3) is 2.45. The largest absolute Gasteiger partial charge is 0.496 e. The lowest BCUT2D eigenvalue weighted by Crippen LogP contribution is -1.99. The van der Waals surface area contributed by atoms with Crippen molar-refractivity contribution in [2.45, 2.75) is 12.3 Å². The van der Waals surface area contributed by atoms with Crippen LogP contribution in [0.25, 0.3) is 0 Å². The molecule has 2 nitrogen and oxygen atoms in total. The molecule has 0 N–H and O–H groups in total. The summed E-state index contributed by atoms with van der Waals surface area (Å²) in [5, 5.41) is 0. The van der Waals surface area contributed by atoms with Crippen LogP contribution in [0.3, 0.4) is 0 Å². The zero-order chi connectivity index (χ0) is 11.3. The third-order valence-corrected chi connectivity index (χ3v) is 2.53. The first-order valence-electron chi connectivity index (χ1n) is 4.68. The highest BCUT2D eigenvalue weighted by molar-refractivity contribution is 6.17. The van der Waals surface area contributed by atoms with Crippen LogP contribution < -0.4 is 9.47 Å². The van der Waals surface area contributed by atoms with E-state index in [0.717, 1.165) is 29.0 Å². The third-order valence-electron chi connectivity index (χ3n) is 2.27. The van der Waals surface area contributed by atoms with E-state index in [9.17, 15) is 0 Å². The average Bonchev–Trinajstić information content (AvgIpc) is 2.28. The fourth-order valence-corrected chi connectivity index (χ4v) is 1.84.